The molecule has 1 saturated carbocycles. The van der Waals surface area contributed by atoms with E-state index >= 15 is 0 Å². The van der Waals surface area contributed by atoms with Gasteiger partial charge in [-0.25, -0.2) is 4.79 Å². The Labute approximate surface area is 219 Å². The number of ether oxygens (including phenoxy) is 4. The van der Waals surface area contributed by atoms with Crippen LogP contribution in [0.15, 0.2) is 18.2 Å². The summed E-state index contributed by atoms with van der Waals surface area (Å²) < 4.78 is 21.5. The van der Waals surface area contributed by atoms with Crippen molar-refractivity contribution in [2.24, 2.45) is 5.41 Å². The lowest BCUT2D eigenvalue weighted by Gasteiger charge is -2.38. The summed E-state index contributed by atoms with van der Waals surface area (Å²) in [5, 5.41) is 8.69. The monoisotopic (exact) mass is 532 g/mol. The van der Waals surface area contributed by atoms with E-state index in [1.807, 2.05) is 0 Å². The summed E-state index contributed by atoms with van der Waals surface area (Å²) in [4.78, 5) is 67.4. The number of carbonyl (C=O) groups is 5. The molecule has 2 aliphatic heterocycles. The van der Waals surface area contributed by atoms with E-state index in [2.05, 4.69) is 0 Å². The smallest absolute Gasteiger partial charge is 0.424 e. The van der Waals surface area contributed by atoms with Crippen LogP contribution in [-0.2, 0) is 23.8 Å². The van der Waals surface area contributed by atoms with Crippen molar-refractivity contribution in [2.45, 2.75) is 51.7 Å². The maximum absolute atomic E-state index is 13.5. The number of aliphatic hydroxyl groups excluding tert-OH is 1. The predicted octanol–water partition coefficient (Wildman–Crippen LogP) is 1.53. The normalized spacial score (nSPS) is 20.3. The van der Waals surface area contributed by atoms with Gasteiger partial charge < -0.3 is 24.1 Å². The van der Waals surface area contributed by atoms with Crippen molar-refractivity contribution < 1.29 is 48.0 Å². The summed E-state index contributed by atoms with van der Waals surface area (Å²) in [6.07, 6.45) is -0.280. The van der Waals surface area contributed by atoms with Crippen LogP contribution in [-0.4, -0.2) is 95.9 Å². The third-order valence-electron chi connectivity index (χ3n) is 6.49. The Bertz CT molecular complexity index is 1140. The summed E-state index contributed by atoms with van der Waals surface area (Å²) in [6, 6.07) is 3.24. The summed E-state index contributed by atoms with van der Waals surface area (Å²) in [5.41, 5.74) is -1.85. The van der Waals surface area contributed by atoms with Crippen molar-refractivity contribution >= 4 is 29.7 Å². The van der Waals surface area contributed by atoms with E-state index in [1.165, 1.54) is 6.07 Å². The summed E-state index contributed by atoms with van der Waals surface area (Å²) in [7, 11) is 0. The number of nitrogens with zero attached hydrogens (tertiary/aromatic N) is 2. The van der Waals surface area contributed by atoms with Crippen molar-refractivity contribution in [2.75, 3.05) is 39.6 Å². The standard InChI is InChI=1S/C26H32N2O10/c1-25(2,3)38-24(34)28-21(31)17(15-26(7-8-26)23(28)33)27-20(30)16-5-4-6-18(19(16)22(27)32)37-14-13-36-12-11-35-10-9-29/h4-6,17,29H,7-15H2,1-3H3. The largest absolute Gasteiger partial charge is 0.490 e. The molecule has 0 radical (unpaired) electrons. The fourth-order valence-corrected chi connectivity index (χ4v) is 4.55. The third kappa shape index (κ3) is 5.42. The van der Waals surface area contributed by atoms with Gasteiger partial charge in [-0.2, -0.15) is 4.90 Å². The zero-order valence-electron chi connectivity index (χ0n) is 21.7. The molecular weight excluding hydrogens is 500 g/mol. The first kappa shape index (κ1) is 27.7. The molecule has 0 bridgehead atoms. The number of carbonyl (C=O) groups excluding carboxylic acids is 5. The Balaban J connectivity index is 1.49. The van der Waals surface area contributed by atoms with Crippen LogP contribution in [0.1, 0.15) is 60.7 Å². The minimum absolute atomic E-state index is 0.0159. The first-order chi connectivity index (χ1) is 18.0. The van der Waals surface area contributed by atoms with Crippen molar-refractivity contribution in [1.29, 1.82) is 0 Å². The molecule has 2 fully saturated rings. The van der Waals surface area contributed by atoms with Gasteiger partial charge in [-0.05, 0) is 52.2 Å². The molecule has 12 nitrogen and oxygen atoms in total. The zero-order chi connectivity index (χ0) is 27.7. The van der Waals surface area contributed by atoms with E-state index in [4.69, 9.17) is 24.1 Å². The average Bonchev–Trinajstić information content (AvgIpc) is 3.58. The number of hydrogen-bond acceptors (Lipinski definition) is 10. The quantitative estimate of drug-likeness (QED) is 0.347. The molecular formula is C26H32N2O10. The maximum Gasteiger partial charge on any atom is 0.424 e. The van der Waals surface area contributed by atoms with E-state index in [0.29, 0.717) is 31.0 Å². The molecule has 206 valence electrons. The summed E-state index contributed by atoms with van der Waals surface area (Å²) in [6.45, 7) is 5.84. The van der Waals surface area contributed by atoms with Gasteiger partial charge in [-0.15, -0.1) is 0 Å². The van der Waals surface area contributed by atoms with Crippen LogP contribution in [0.3, 0.4) is 0 Å². The molecule has 1 spiro atoms. The Kier molecular flexibility index (Phi) is 7.86. The van der Waals surface area contributed by atoms with Gasteiger partial charge in [0.25, 0.3) is 17.7 Å². The lowest BCUT2D eigenvalue weighted by Crippen LogP contribution is -2.61. The van der Waals surface area contributed by atoms with E-state index in [-0.39, 0.29) is 49.7 Å². The Morgan fingerprint density at radius 3 is 2.29 bits per heavy atom. The minimum Gasteiger partial charge on any atom is -0.490 e. The topological polar surface area (TPSA) is 149 Å². The second-order valence-corrected chi connectivity index (χ2v) is 10.4. The first-order valence-electron chi connectivity index (χ1n) is 12.5. The van der Waals surface area contributed by atoms with Crippen LogP contribution in [0, 0.1) is 5.41 Å². The number of likely N-dealkylation sites (tertiary alicyclic amines) is 1. The van der Waals surface area contributed by atoms with Crippen LogP contribution >= 0.6 is 0 Å². The number of aliphatic hydroxyl groups is 1. The fourth-order valence-electron chi connectivity index (χ4n) is 4.55. The summed E-state index contributed by atoms with van der Waals surface area (Å²) >= 11 is 0. The number of hydrogen-bond donors (Lipinski definition) is 1. The second-order valence-electron chi connectivity index (χ2n) is 10.4. The van der Waals surface area contributed by atoms with Crippen LogP contribution in [0.5, 0.6) is 5.75 Å². The lowest BCUT2D eigenvalue weighted by atomic mass is 9.89. The highest BCUT2D eigenvalue weighted by Gasteiger charge is 2.63. The molecule has 5 amide bonds. The molecule has 4 rings (SSSR count). The van der Waals surface area contributed by atoms with E-state index in [9.17, 15) is 24.0 Å². The lowest BCUT2D eigenvalue weighted by molar-refractivity contribution is -0.155. The first-order valence-corrected chi connectivity index (χ1v) is 12.5. The SMILES string of the molecule is CC(C)(C)OC(=O)N1C(=O)C(N2C(=O)c3cccc(OCCOCCOCCO)c3C2=O)CC2(CC2)C1=O. The molecule has 12 heteroatoms. The zero-order valence-corrected chi connectivity index (χ0v) is 21.7. The Morgan fingerprint density at radius 2 is 1.66 bits per heavy atom. The van der Waals surface area contributed by atoms with Crippen LogP contribution in [0.4, 0.5) is 4.79 Å². The predicted molar refractivity (Wildman–Crippen MR) is 129 cm³/mol. The van der Waals surface area contributed by atoms with Crippen LogP contribution in [0.2, 0.25) is 0 Å². The van der Waals surface area contributed by atoms with Gasteiger partial charge in [-0.1, -0.05) is 6.07 Å². The Hall–Kier alpha value is -3.35. The van der Waals surface area contributed by atoms with Crippen LogP contribution < -0.4 is 4.74 Å². The second kappa shape index (κ2) is 10.8. The number of piperidine rings is 1. The number of fused-ring (bicyclic) bond motifs is 1. The van der Waals surface area contributed by atoms with Crippen LogP contribution in [0.25, 0.3) is 0 Å². The van der Waals surface area contributed by atoms with Gasteiger partial charge in [0.2, 0.25) is 5.91 Å². The molecule has 1 saturated heterocycles. The van der Waals surface area contributed by atoms with E-state index < -0.39 is 46.8 Å². The number of amides is 5. The summed E-state index contributed by atoms with van der Waals surface area (Å²) in [5.74, 6) is -2.88. The van der Waals surface area contributed by atoms with E-state index in [1.54, 1.807) is 32.9 Å². The highest BCUT2D eigenvalue weighted by Crippen LogP contribution is 2.54. The third-order valence-corrected chi connectivity index (χ3v) is 6.49. The number of benzene rings is 1. The average molecular weight is 533 g/mol. The number of rotatable bonds is 10. The Morgan fingerprint density at radius 1 is 1.00 bits per heavy atom. The molecule has 1 aromatic rings. The maximum atomic E-state index is 13.5. The molecule has 1 atom stereocenters. The molecule has 3 aliphatic rings. The highest BCUT2D eigenvalue weighted by atomic mass is 16.6. The highest BCUT2D eigenvalue weighted by molar-refractivity contribution is 6.25. The number of imide groups is 4. The molecule has 1 aromatic carbocycles. The minimum atomic E-state index is -1.33. The van der Waals surface area contributed by atoms with Crippen molar-refractivity contribution in [3.05, 3.63) is 29.3 Å². The van der Waals surface area contributed by atoms with Gasteiger partial charge >= 0.3 is 6.09 Å². The van der Waals surface area contributed by atoms with Crippen molar-refractivity contribution in [1.82, 2.24) is 9.80 Å². The van der Waals surface area contributed by atoms with Gasteiger partial charge in [-0.3, -0.25) is 24.1 Å². The molecule has 1 N–H and O–H groups in total. The molecule has 1 aliphatic carbocycles. The van der Waals surface area contributed by atoms with Crippen molar-refractivity contribution in [3.8, 4) is 5.75 Å². The van der Waals surface area contributed by atoms with Crippen molar-refractivity contribution in [3.63, 3.8) is 0 Å². The fraction of sp³-hybridized carbons (Fsp3) is 0.577. The van der Waals surface area contributed by atoms with Gasteiger partial charge in [0, 0.05) is 0 Å². The molecule has 38 heavy (non-hydrogen) atoms. The van der Waals surface area contributed by atoms with Gasteiger partial charge in [0.05, 0.1) is 49.6 Å². The molecule has 0 aromatic heterocycles. The van der Waals surface area contributed by atoms with Gasteiger partial charge in [0.1, 0.15) is 24.0 Å². The van der Waals surface area contributed by atoms with Gasteiger partial charge in [0.15, 0.2) is 0 Å². The van der Waals surface area contributed by atoms with E-state index in [0.717, 1.165) is 4.90 Å². The molecule has 1 unspecified atom stereocenters. The molecule has 2 heterocycles.